The minimum absolute atomic E-state index is 0.0477. The Balaban J connectivity index is 1.61. The fraction of sp³-hybridized carbons (Fsp3) is 0.235. The van der Waals surface area contributed by atoms with E-state index in [1.165, 1.54) is 6.07 Å². The normalized spacial score (nSPS) is 12.2. The van der Waals surface area contributed by atoms with Crippen LogP contribution >= 0.6 is 11.6 Å². The first-order valence-electron chi connectivity index (χ1n) is 7.88. The van der Waals surface area contributed by atoms with Gasteiger partial charge in [-0.2, -0.15) is 0 Å². The third kappa shape index (κ3) is 3.83. The largest absolute Gasteiger partial charge is 0.384 e. The minimum atomic E-state index is -0.396. The number of anilines is 2. The van der Waals surface area contributed by atoms with E-state index in [0.29, 0.717) is 29.4 Å². The summed E-state index contributed by atoms with van der Waals surface area (Å²) in [6.45, 7) is 1.49. The number of nitrogens with zero attached hydrogens (tertiary/aromatic N) is 1. The van der Waals surface area contributed by atoms with Gasteiger partial charge in [-0.05, 0) is 36.8 Å². The highest BCUT2D eigenvalue weighted by atomic mass is 35.5. The maximum absolute atomic E-state index is 12.0. The van der Waals surface area contributed by atoms with Crippen LogP contribution in [0.4, 0.5) is 17.1 Å². The van der Waals surface area contributed by atoms with Crippen molar-refractivity contribution in [3.05, 3.63) is 62.7 Å². The lowest BCUT2D eigenvalue weighted by Crippen LogP contribution is -2.29. The van der Waals surface area contributed by atoms with E-state index >= 15 is 0 Å². The molecule has 1 heterocycles. The van der Waals surface area contributed by atoms with E-state index in [4.69, 9.17) is 11.6 Å². The molecule has 3 N–H and O–H groups in total. The summed E-state index contributed by atoms with van der Waals surface area (Å²) in [5, 5.41) is 20.9. The molecular formula is C17H17ClN4O3. The van der Waals surface area contributed by atoms with Gasteiger partial charge in [0.2, 0.25) is 0 Å². The molecule has 3 rings (SSSR count). The molecule has 2 aromatic rings. The molecule has 0 spiro atoms. The summed E-state index contributed by atoms with van der Waals surface area (Å²) in [6.07, 6.45) is 0.733. The summed E-state index contributed by atoms with van der Waals surface area (Å²) < 4.78 is 0. The lowest BCUT2D eigenvalue weighted by atomic mass is 10.1. The molecule has 0 saturated heterocycles. The molecule has 0 saturated carbocycles. The Morgan fingerprint density at radius 2 is 1.96 bits per heavy atom. The minimum Gasteiger partial charge on any atom is -0.384 e. The molecule has 0 fully saturated rings. The molecule has 0 aromatic heterocycles. The second kappa shape index (κ2) is 7.40. The predicted octanol–water partition coefficient (Wildman–Crippen LogP) is 3.06. The first-order chi connectivity index (χ1) is 12.1. The van der Waals surface area contributed by atoms with Crippen LogP contribution in [0.2, 0.25) is 5.02 Å². The monoisotopic (exact) mass is 360 g/mol. The Kier molecular flexibility index (Phi) is 5.04. The number of halogens is 1. The summed E-state index contributed by atoms with van der Waals surface area (Å²) >= 11 is 5.80. The van der Waals surface area contributed by atoms with Crippen LogP contribution < -0.4 is 16.0 Å². The summed E-state index contributed by atoms with van der Waals surface area (Å²) in [6, 6.07) is 9.81. The maximum atomic E-state index is 12.0. The van der Waals surface area contributed by atoms with Crippen molar-refractivity contribution in [3.8, 4) is 0 Å². The van der Waals surface area contributed by atoms with Gasteiger partial charge in [-0.1, -0.05) is 11.6 Å². The molecular weight excluding hydrogens is 344 g/mol. The first-order valence-corrected chi connectivity index (χ1v) is 8.26. The van der Waals surface area contributed by atoms with Gasteiger partial charge in [0.25, 0.3) is 11.6 Å². The third-order valence-corrected chi connectivity index (χ3v) is 4.25. The van der Waals surface area contributed by atoms with Crippen molar-refractivity contribution in [2.24, 2.45) is 0 Å². The average molecular weight is 361 g/mol. The number of rotatable bonds is 6. The van der Waals surface area contributed by atoms with E-state index < -0.39 is 4.92 Å². The molecule has 1 amide bonds. The van der Waals surface area contributed by atoms with Crippen molar-refractivity contribution < 1.29 is 9.72 Å². The van der Waals surface area contributed by atoms with Crippen molar-refractivity contribution in [1.82, 2.24) is 5.32 Å². The van der Waals surface area contributed by atoms with Gasteiger partial charge in [0.15, 0.2) is 0 Å². The lowest BCUT2D eigenvalue weighted by molar-refractivity contribution is -0.384. The summed E-state index contributed by atoms with van der Waals surface area (Å²) in [5.41, 5.74) is 2.91. The Labute approximate surface area is 149 Å². The molecule has 130 valence electrons. The Hall–Kier alpha value is -2.80. The molecule has 8 heteroatoms. The van der Waals surface area contributed by atoms with Gasteiger partial charge in [-0.3, -0.25) is 14.9 Å². The van der Waals surface area contributed by atoms with E-state index in [1.807, 2.05) is 0 Å². The fourth-order valence-electron chi connectivity index (χ4n) is 2.80. The molecule has 0 atom stereocenters. The molecule has 2 aromatic carbocycles. The van der Waals surface area contributed by atoms with E-state index in [2.05, 4.69) is 16.0 Å². The van der Waals surface area contributed by atoms with E-state index in [0.717, 1.165) is 24.2 Å². The number of fused-ring (bicyclic) bond motifs is 1. The second-order valence-corrected chi connectivity index (χ2v) is 6.05. The van der Waals surface area contributed by atoms with Gasteiger partial charge in [-0.15, -0.1) is 0 Å². The van der Waals surface area contributed by atoms with Gasteiger partial charge >= 0.3 is 0 Å². The molecule has 1 aliphatic rings. The zero-order chi connectivity index (χ0) is 17.8. The van der Waals surface area contributed by atoms with Crippen molar-refractivity contribution >= 4 is 34.6 Å². The zero-order valence-corrected chi connectivity index (χ0v) is 14.1. The topological polar surface area (TPSA) is 96.3 Å². The van der Waals surface area contributed by atoms with Crippen molar-refractivity contribution in [2.75, 3.05) is 30.3 Å². The third-order valence-electron chi connectivity index (χ3n) is 4.00. The Morgan fingerprint density at radius 3 is 2.68 bits per heavy atom. The van der Waals surface area contributed by atoms with Crippen LogP contribution in [-0.2, 0) is 6.42 Å². The van der Waals surface area contributed by atoms with Gasteiger partial charge in [0.05, 0.1) is 4.92 Å². The van der Waals surface area contributed by atoms with Crippen LogP contribution in [0.15, 0.2) is 36.4 Å². The van der Waals surface area contributed by atoms with E-state index in [-0.39, 0.29) is 11.6 Å². The number of nitro groups is 1. The molecule has 0 unspecified atom stereocenters. The number of amides is 1. The Bertz CT molecular complexity index is 808. The number of hydrogen-bond acceptors (Lipinski definition) is 5. The van der Waals surface area contributed by atoms with Crippen LogP contribution in [0.25, 0.3) is 0 Å². The quantitative estimate of drug-likeness (QED) is 0.418. The number of nitrogens with one attached hydrogen (secondary N) is 3. The zero-order valence-electron chi connectivity index (χ0n) is 13.3. The number of nitro benzene ring substituents is 1. The first kappa shape index (κ1) is 17.0. The highest BCUT2D eigenvalue weighted by Gasteiger charge is 2.23. The van der Waals surface area contributed by atoms with Crippen molar-refractivity contribution in [3.63, 3.8) is 0 Å². The number of benzene rings is 2. The SMILES string of the molecule is O=C(NCCNc1c([N+](=O)[O-])ccc2c1CCN2)c1ccc(Cl)cc1. The standard InChI is InChI=1S/C17H17ClN4O3/c18-12-3-1-11(2-4-12)17(23)21-10-9-20-16-13-7-8-19-14(13)5-6-15(16)22(24)25/h1-6,19-20H,7-10H2,(H,21,23). The highest BCUT2D eigenvalue weighted by Crippen LogP contribution is 2.36. The van der Waals surface area contributed by atoms with E-state index in [9.17, 15) is 14.9 Å². The van der Waals surface area contributed by atoms with Crippen molar-refractivity contribution in [2.45, 2.75) is 6.42 Å². The molecule has 0 bridgehead atoms. The molecule has 0 aliphatic carbocycles. The van der Waals surface area contributed by atoms with Crippen LogP contribution in [0.3, 0.4) is 0 Å². The fourth-order valence-corrected chi connectivity index (χ4v) is 2.93. The molecule has 0 radical (unpaired) electrons. The summed E-state index contributed by atoms with van der Waals surface area (Å²) in [7, 11) is 0. The van der Waals surface area contributed by atoms with Crippen LogP contribution in [0.1, 0.15) is 15.9 Å². The predicted molar refractivity (Wildman–Crippen MR) is 97.6 cm³/mol. The second-order valence-electron chi connectivity index (χ2n) is 5.61. The summed E-state index contributed by atoms with van der Waals surface area (Å²) in [5.74, 6) is -0.215. The van der Waals surface area contributed by atoms with Crippen LogP contribution in [-0.4, -0.2) is 30.5 Å². The smallest absolute Gasteiger partial charge is 0.292 e. The summed E-state index contributed by atoms with van der Waals surface area (Å²) in [4.78, 5) is 22.9. The molecule has 25 heavy (non-hydrogen) atoms. The lowest BCUT2D eigenvalue weighted by Gasteiger charge is -2.12. The van der Waals surface area contributed by atoms with Gasteiger partial charge in [-0.25, -0.2) is 0 Å². The maximum Gasteiger partial charge on any atom is 0.292 e. The molecule has 7 nitrogen and oxygen atoms in total. The number of carbonyl (C=O) groups excluding carboxylic acids is 1. The van der Waals surface area contributed by atoms with Crippen molar-refractivity contribution in [1.29, 1.82) is 0 Å². The van der Waals surface area contributed by atoms with Gasteiger partial charge in [0, 0.05) is 47.5 Å². The van der Waals surface area contributed by atoms with Gasteiger partial charge < -0.3 is 16.0 Å². The van der Waals surface area contributed by atoms with E-state index in [1.54, 1.807) is 30.3 Å². The Morgan fingerprint density at radius 1 is 1.20 bits per heavy atom. The van der Waals surface area contributed by atoms with Crippen LogP contribution in [0.5, 0.6) is 0 Å². The highest BCUT2D eigenvalue weighted by molar-refractivity contribution is 6.30. The van der Waals surface area contributed by atoms with Crippen LogP contribution in [0, 0.1) is 10.1 Å². The number of hydrogen-bond donors (Lipinski definition) is 3. The van der Waals surface area contributed by atoms with Gasteiger partial charge in [0.1, 0.15) is 5.69 Å². The average Bonchev–Trinajstić information content (AvgIpc) is 3.07. The molecule has 1 aliphatic heterocycles. The number of carbonyl (C=O) groups is 1.